The van der Waals surface area contributed by atoms with Gasteiger partial charge >= 0.3 is 0 Å². The number of benzene rings is 1. The van der Waals surface area contributed by atoms with E-state index in [1.807, 2.05) is 30.7 Å². The van der Waals surface area contributed by atoms with E-state index >= 15 is 0 Å². The Labute approximate surface area is 134 Å². The van der Waals surface area contributed by atoms with E-state index in [1.54, 1.807) is 0 Å². The number of amides is 1. The van der Waals surface area contributed by atoms with Gasteiger partial charge in [0.25, 0.3) is 0 Å². The van der Waals surface area contributed by atoms with Crippen LogP contribution in [0.5, 0.6) is 0 Å². The fourth-order valence-electron chi connectivity index (χ4n) is 2.13. The first-order valence-corrected chi connectivity index (χ1v) is 8.36. The normalized spacial score (nSPS) is 15.6. The molecule has 1 amide bonds. The molecule has 1 N–H and O–H groups in total. The third-order valence-corrected chi connectivity index (χ3v) is 4.85. The molecule has 1 aromatic heterocycles. The van der Waals surface area contributed by atoms with E-state index in [-0.39, 0.29) is 11.2 Å². The zero-order valence-corrected chi connectivity index (χ0v) is 13.9. The monoisotopic (exact) mass is 316 g/mol. The van der Waals surface area contributed by atoms with Gasteiger partial charge < -0.3 is 9.88 Å². The third-order valence-electron chi connectivity index (χ3n) is 3.72. The van der Waals surface area contributed by atoms with E-state index in [1.165, 1.54) is 17.3 Å². The van der Waals surface area contributed by atoms with Crippen LogP contribution in [0.15, 0.2) is 29.4 Å². The van der Waals surface area contributed by atoms with Crippen LogP contribution >= 0.6 is 11.8 Å². The fraction of sp³-hybridized carbons (Fsp3) is 0.438. The highest BCUT2D eigenvalue weighted by Gasteiger charge is 2.27. The fourth-order valence-corrected chi connectivity index (χ4v) is 2.95. The molecule has 0 spiro atoms. The number of aromatic nitrogens is 3. The van der Waals surface area contributed by atoms with Crippen LogP contribution in [0.2, 0.25) is 0 Å². The van der Waals surface area contributed by atoms with E-state index in [9.17, 15) is 4.79 Å². The number of hydrogen-bond donors (Lipinski definition) is 1. The molecule has 0 aliphatic heterocycles. The van der Waals surface area contributed by atoms with Crippen molar-refractivity contribution in [2.24, 2.45) is 7.05 Å². The van der Waals surface area contributed by atoms with E-state index in [2.05, 4.69) is 34.6 Å². The van der Waals surface area contributed by atoms with Gasteiger partial charge in [-0.2, -0.15) is 0 Å². The van der Waals surface area contributed by atoms with Gasteiger partial charge in [-0.1, -0.05) is 41.6 Å². The van der Waals surface area contributed by atoms with Crippen LogP contribution in [0.1, 0.15) is 25.3 Å². The molecule has 1 fully saturated rings. The SMILES string of the molecule is Cc1ccc(-c2nnc(SC(C)C(=O)NC3CC3)n2C)cc1. The van der Waals surface area contributed by atoms with Gasteiger partial charge in [-0.15, -0.1) is 10.2 Å². The standard InChI is InChI=1S/C16H20N4OS/c1-10-4-6-12(7-5-10)14-18-19-16(20(14)3)22-11(2)15(21)17-13-8-9-13/h4-7,11,13H,8-9H2,1-3H3,(H,17,21). The lowest BCUT2D eigenvalue weighted by Crippen LogP contribution is -2.32. The molecule has 1 atom stereocenters. The smallest absolute Gasteiger partial charge is 0.233 e. The van der Waals surface area contributed by atoms with Gasteiger partial charge in [0.05, 0.1) is 5.25 Å². The quantitative estimate of drug-likeness (QED) is 0.861. The second kappa shape index (κ2) is 6.12. The van der Waals surface area contributed by atoms with E-state index in [4.69, 9.17) is 0 Å². The number of carbonyl (C=O) groups excluding carboxylic acids is 1. The molecule has 1 aromatic carbocycles. The van der Waals surface area contributed by atoms with Gasteiger partial charge in [0, 0.05) is 18.7 Å². The minimum absolute atomic E-state index is 0.0763. The maximum atomic E-state index is 12.0. The molecule has 0 bridgehead atoms. The van der Waals surface area contributed by atoms with Crippen molar-refractivity contribution in [1.29, 1.82) is 0 Å². The zero-order valence-electron chi connectivity index (χ0n) is 13.0. The Morgan fingerprint density at radius 3 is 2.64 bits per heavy atom. The van der Waals surface area contributed by atoms with Crippen molar-refractivity contribution in [3.63, 3.8) is 0 Å². The Morgan fingerprint density at radius 1 is 1.32 bits per heavy atom. The molecule has 1 aliphatic rings. The zero-order chi connectivity index (χ0) is 15.7. The van der Waals surface area contributed by atoms with Gasteiger partial charge in [-0.3, -0.25) is 4.79 Å². The number of nitrogens with one attached hydrogen (secondary N) is 1. The number of hydrogen-bond acceptors (Lipinski definition) is 4. The van der Waals surface area contributed by atoms with Gasteiger partial charge in [0.2, 0.25) is 5.91 Å². The molecule has 3 rings (SSSR count). The van der Waals surface area contributed by atoms with Gasteiger partial charge in [0.1, 0.15) is 0 Å². The second-order valence-electron chi connectivity index (χ2n) is 5.77. The van der Waals surface area contributed by atoms with Crippen LogP contribution in [-0.4, -0.2) is 32.0 Å². The topological polar surface area (TPSA) is 59.8 Å². The molecule has 2 aromatic rings. The molecule has 6 heteroatoms. The molecule has 5 nitrogen and oxygen atoms in total. The van der Waals surface area contributed by atoms with Crippen molar-refractivity contribution in [2.75, 3.05) is 0 Å². The van der Waals surface area contributed by atoms with Gasteiger partial charge in [-0.25, -0.2) is 0 Å². The van der Waals surface area contributed by atoms with Crippen LogP contribution in [-0.2, 0) is 11.8 Å². The largest absolute Gasteiger partial charge is 0.352 e. The molecule has 0 radical (unpaired) electrons. The lowest BCUT2D eigenvalue weighted by molar-refractivity contribution is -0.120. The van der Waals surface area contributed by atoms with E-state index in [0.29, 0.717) is 6.04 Å². The lowest BCUT2D eigenvalue weighted by atomic mass is 10.1. The van der Waals surface area contributed by atoms with Crippen LogP contribution in [0.3, 0.4) is 0 Å². The van der Waals surface area contributed by atoms with Crippen LogP contribution in [0.25, 0.3) is 11.4 Å². The van der Waals surface area contributed by atoms with E-state index < -0.39 is 0 Å². The maximum Gasteiger partial charge on any atom is 0.233 e. The Kier molecular flexibility index (Phi) is 4.20. The first kappa shape index (κ1) is 15.1. The average Bonchev–Trinajstić information content (AvgIpc) is 3.24. The van der Waals surface area contributed by atoms with Crippen molar-refractivity contribution in [1.82, 2.24) is 20.1 Å². The number of carbonyl (C=O) groups is 1. The van der Waals surface area contributed by atoms with Crippen molar-refractivity contribution in [3.05, 3.63) is 29.8 Å². The van der Waals surface area contributed by atoms with Crippen LogP contribution in [0.4, 0.5) is 0 Å². The summed E-state index contributed by atoms with van der Waals surface area (Å²) in [5.41, 5.74) is 2.24. The van der Waals surface area contributed by atoms with Crippen molar-refractivity contribution < 1.29 is 4.79 Å². The summed E-state index contributed by atoms with van der Waals surface area (Å²) in [5, 5.41) is 12.1. The van der Waals surface area contributed by atoms with E-state index in [0.717, 1.165) is 29.4 Å². The Bertz CT molecular complexity index is 676. The number of thioether (sulfide) groups is 1. The number of rotatable bonds is 5. The summed E-state index contributed by atoms with van der Waals surface area (Å²) in [6.45, 7) is 3.96. The summed E-state index contributed by atoms with van der Waals surface area (Å²) in [6.07, 6.45) is 2.20. The molecular formula is C16H20N4OS. The Morgan fingerprint density at radius 2 is 2.00 bits per heavy atom. The Balaban J connectivity index is 1.72. The minimum Gasteiger partial charge on any atom is -0.352 e. The van der Waals surface area contributed by atoms with Crippen LogP contribution < -0.4 is 5.32 Å². The third kappa shape index (κ3) is 3.32. The summed E-state index contributed by atoms with van der Waals surface area (Å²) < 4.78 is 1.94. The van der Waals surface area contributed by atoms with Gasteiger partial charge in [0.15, 0.2) is 11.0 Å². The molecular weight excluding hydrogens is 296 g/mol. The molecule has 1 unspecified atom stereocenters. The highest BCUT2D eigenvalue weighted by Crippen LogP contribution is 2.27. The minimum atomic E-state index is -0.172. The van der Waals surface area contributed by atoms with Crippen molar-refractivity contribution in [3.8, 4) is 11.4 Å². The molecule has 22 heavy (non-hydrogen) atoms. The highest BCUT2D eigenvalue weighted by molar-refractivity contribution is 8.00. The highest BCUT2D eigenvalue weighted by atomic mass is 32.2. The predicted molar refractivity (Wildman–Crippen MR) is 87.7 cm³/mol. The molecule has 1 heterocycles. The molecule has 116 valence electrons. The summed E-state index contributed by atoms with van der Waals surface area (Å²) in [7, 11) is 1.93. The maximum absolute atomic E-state index is 12.0. The first-order valence-electron chi connectivity index (χ1n) is 7.48. The first-order chi connectivity index (χ1) is 10.5. The lowest BCUT2D eigenvalue weighted by Gasteiger charge is -2.11. The molecule has 1 saturated carbocycles. The summed E-state index contributed by atoms with van der Waals surface area (Å²) in [4.78, 5) is 12.0. The van der Waals surface area contributed by atoms with Crippen LogP contribution in [0, 0.1) is 6.92 Å². The molecule has 1 aliphatic carbocycles. The van der Waals surface area contributed by atoms with Gasteiger partial charge in [-0.05, 0) is 26.7 Å². The second-order valence-corrected chi connectivity index (χ2v) is 7.08. The summed E-state index contributed by atoms with van der Waals surface area (Å²) in [5.74, 6) is 0.893. The number of aryl methyl sites for hydroxylation is 1. The predicted octanol–water partition coefficient (Wildman–Crippen LogP) is 2.55. The number of nitrogens with zero attached hydrogens (tertiary/aromatic N) is 3. The molecule has 0 saturated heterocycles. The van der Waals surface area contributed by atoms with Crippen molar-refractivity contribution in [2.45, 2.75) is 43.1 Å². The average molecular weight is 316 g/mol. The Hall–Kier alpha value is -1.82. The summed E-state index contributed by atoms with van der Waals surface area (Å²) in [6, 6.07) is 8.58. The summed E-state index contributed by atoms with van der Waals surface area (Å²) >= 11 is 1.44. The van der Waals surface area contributed by atoms with Crippen molar-refractivity contribution >= 4 is 17.7 Å².